The molecule has 0 fully saturated rings. The Bertz CT molecular complexity index is 379. The van der Waals surface area contributed by atoms with E-state index >= 15 is 0 Å². The molecule has 0 aliphatic rings. The molecule has 0 bridgehead atoms. The van der Waals surface area contributed by atoms with E-state index in [1.54, 1.807) is 4.90 Å². The molecule has 0 N–H and O–H groups in total. The zero-order valence-corrected chi connectivity index (χ0v) is 8.75. The molecule has 0 aromatic heterocycles. The van der Waals surface area contributed by atoms with Crippen molar-refractivity contribution in [2.75, 3.05) is 7.05 Å². The number of allylic oxidation sites excluding steroid dienone is 1. The fourth-order valence-electron chi connectivity index (χ4n) is 1.06. The molecular formula is C11H11ClN2. The maximum atomic E-state index is 8.63. The predicted molar refractivity (Wildman–Crippen MR) is 57.7 cm³/mol. The summed E-state index contributed by atoms with van der Waals surface area (Å²) in [5.74, 6) is 0. The van der Waals surface area contributed by atoms with Crippen LogP contribution < -0.4 is 0 Å². The second-order valence-corrected chi connectivity index (χ2v) is 3.41. The lowest BCUT2D eigenvalue weighted by atomic mass is 10.2. The highest BCUT2D eigenvalue weighted by Crippen LogP contribution is 2.17. The van der Waals surface area contributed by atoms with Crippen molar-refractivity contribution in [2.24, 2.45) is 0 Å². The van der Waals surface area contributed by atoms with Crippen molar-refractivity contribution in [1.29, 1.82) is 5.26 Å². The molecular weight excluding hydrogens is 196 g/mol. The van der Waals surface area contributed by atoms with Crippen LogP contribution in [0.5, 0.6) is 0 Å². The Labute approximate surface area is 89.0 Å². The van der Waals surface area contributed by atoms with Gasteiger partial charge >= 0.3 is 0 Å². The molecule has 1 aromatic rings. The summed E-state index contributed by atoms with van der Waals surface area (Å²) in [4.78, 5) is 1.77. The van der Waals surface area contributed by atoms with Crippen molar-refractivity contribution in [3.63, 3.8) is 0 Å². The molecule has 0 aliphatic carbocycles. The van der Waals surface area contributed by atoms with Crippen molar-refractivity contribution in [3.05, 3.63) is 47.1 Å². The van der Waals surface area contributed by atoms with Crippen LogP contribution >= 0.6 is 11.6 Å². The molecule has 3 heteroatoms. The maximum absolute atomic E-state index is 8.63. The first-order chi connectivity index (χ1) is 6.65. The number of hydrogen-bond donors (Lipinski definition) is 0. The van der Waals surface area contributed by atoms with Crippen LogP contribution in [0.15, 0.2) is 36.5 Å². The van der Waals surface area contributed by atoms with Gasteiger partial charge in [-0.1, -0.05) is 36.4 Å². The number of rotatable bonds is 3. The molecule has 1 rings (SSSR count). The molecule has 0 amide bonds. The smallest absolute Gasteiger partial charge is 0.116 e. The number of hydrogen-bond acceptors (Lipinski definition) is 2. The highest BCUT2D eigenvalue weighted by Gasteiger charge is 2.04. The maximum Gasteiger partial charge on any atom is 0.116 e. The number of nitrogens with zero attached hydrogens (tertiary/aromatic N) is 2. The largest absolute Gasteiger partial charge is 0.362 e. The van der Waals surface area contributed by atoms with Gasteiger partial charge < -0.3 is 4.90 Å². The summed E-state index contributed by atoms with van der Waals surface area (Å²) in [6.07, 6.45) is 0. The lowest BCUT2D eigenvalue weighted by Crippen LogP contribution is -2.15. The predicted octanol–water partition coefficient (Wildman–Crippen LogP) is 2.81. The van der Waals surface area contributed by atoms with Crippen LogP contribution in [-0.4, -0.2) is 11.9 Å². The molecule has 0 atom stereocenters. The van der Waals surface area contributed by atoms with Gasteiger partial charge in [-0.05, 0) is 11.6 Å². The van der Waals surface area contributed by atoms with Gasteiger partial charge in [-0.15, -0.1) is 0 Å². The van der Waals surface area contributed by atoms with E-state index in [2.05, 4.69) is 6.58 Å². The SMILES string of the molecule is C=C(C#N)N(C)Cc1ccccc1Cl. The van der Waals surface area contributed by atoms with Crippen LogP contribution in [0.2, 0.25) is 5.02 Å². The molecule has 0 spiro atoms. The summed E-state index contributed by atoms with van der Waals surface area (Å²) in [7, 11) is 1.81. The second kappa shape index (κ2) is 4.69. The van der Waals surface area contributed by atoms with Crippen LogP contribution in [0.25, 0.3) is 0 Å². The first-order valence-electron chi connectivity index (χ1n) is 4.18. The summed E-state index contributed by atoms with van der Waals surface area (Å²) >= 11 is 5.98. The van der Waals surface area contributed by atoms with Gasteiger partial charge in [-0.25, -0.2) is 0 Å². The van der Waals surface area contributed by atoms with E-state index in [0.29, 0.717) is 17.3 Å². The summed E-state index contributed by atoms with van der Waals surface area (Å²) in [6, 6.07) is 9.56. The summed E-state index contributed by atoms with van der Waals surface area (Å²) in [5, 5.41) is 9.34. The number of nitriles is 1. The quantitative estimate of drug-likeness (QED) is 0.712. The second-order valence-electron chi connectivity index (χ2n) is 3.01. The molecule has 0 saturated carbocycles. The average Bonchev–Trinajstić information content (AvgIpc) is 2.20. The zero-order valence-electron chi connectivity index (χ0n) is 8.00. The van der Waals surface area contributed by atoms with E-state index in [0.717, 1.165) is 5.56 Å². The third-order valence-electron chi connectivity index (χ3n) is 1.96. The summed E-state index contributed by atoms with van der Waals surface area (Å²) < 4.78 is 0. The van der Waals surface area contributed by atoms with Crippen molar-refractivity contribution < 1.29 is 0 Å². The topological polar surface area (TPSA) is 27.0 Å². The molecule has 14 heavy (non-hydrogen) atoms. The Balaban J connectivity index is 2.75. The molecule has 1 aromatic carbocycles. The van der Waals surface area contributed by atoms with E-state index in [9.17, 15) is 0 Å². The Morgan fingerprint density at radius 2 is 2.21 bits per heavy atom. The lowest BCUT2D eigenvalue weighted by molar-refractivity contribution is 0.429. The number of halogens is 1. The van der Waals surface area contributed by atoms with Gasteiger partial charge in [0.05, 0.1) is 0 Å². The van der Waals surface area contributed by atoms with Crippen molar-refractivity contribution in [1.82, 2.24) is 4.90 Å². The van der Waals surface area contributed by atoms with Gasteiger partial charge in [-0.2, -0.15) is 5.26 Å². The van der Waals surface area contributed by atoms with Crippen LogP contribution in [0.1, 0.15) is 5.56 Å². The first-order valence-corrected chi connectivity index (χ1v) is 4.56. The van der Waals surface area contributed by atoms with Gasteiger partial charge in [0.2, 0.25) is 0 Å². The minimum atomic E-state index is 0.435. The number of benzene rings is 1. The minimum Gasteiger partial charge on any atom is -0.362 e. The van der Waals surface area contributed by atoms with Crippen LogP contribution in [-0.2, 0) is 6.54 Å². The zero-order chi connectivity index (χ0) is 10.6. The van der Waals surface area contributed by atoms with Gasteiger partial charge in [0.1, 0.15) is 11.8 Å². The van der Waals surface area contributed by atoms with E-state index in [-0.39, 0.29) is 0 Å². The van der Waals surface area contributed by atoms with Gasteiger partial charge in [0.15, 0.2) is 0 Å². The monoisotopic (exact) mass is 206 g/mol. The van der Waals surface area contributed by atoms with Crippen LogP contribution in [0, 0.1) is 11.3 Å². The molecule has 0 heterocycles. The molecule has 2 nitrogen and oxygen atoms in total. The summed E-state index contributed by atoms with van der Waals surface area (Å²) in [6.45, 7) is 4.22. The van der Waals surface area contributed by atoms with Crippen molar-refractivity contribution in [3.8, 4) is 6.07 Å². The molecule has 0 radical (unpaired) electrons. The lowest BCUT2D eigenvalue weighted by Gasteiger charge is -2.17. The van der Waals surface area contributed by atoms with Crippen LogP contribution in [0.3, 0.4) is 0 Å². The van der Waals surface area contributed by atoms with Gasteiger partial charge in [0, 0.05) is 18.6 Å². The van der Waals surface area contributed by atoms with E-state index < -0.39 is 0 Å². The third-order valence-corrected chi connectivity index (χ3v) is 2.32. The molecule has 0 aliphatic heterocycles. The third kappa shape index (κ3) is 2.51. The Kier molecular flexibility index (Phi) is 3.55. The Morgan fingerprint density at radius 3 is 2.79 bits per heavy atom. The van der Waals surface area contributed by atoms with E-state index in [4.69, 9.17) is 16.9 Å². The van der Waals surface area contributed by atoms with E-state index in [1.165, 1.54) is 0 Å². The first kappa shape index (κ1) is 10.6. The fourth-order valence-corrected chi connectivity index (χ4v) is 1.26. The Morgan fingerprint density at radius 1 is 1.57 bits per heavy atom. The highest BCUT2D eigenvalue weighted by molar-refractivity contribution is 6.31. The fraction of sp³-hybridized carbons (Fsp3) is 0.182. The standard InChI is InChI=1S/C11H11ClN2/c1-9(7-13)14(2)8-10-5-3-4-6-11(10)12/h3-6H,1,8H2,2H3. The van der Waals surface area contributed by atoms with Gasteiger partial charge in [-0.3, -0.25) is 0 Å². The highest BCUT2D eigenvalue weighted by atomic mass is 35.5. The van der Waals surface area contributed by atoms with Crippen molar-refractivity contribution >= 4 is 11.6 Å². The molecule has 0 unspecified atom stereocenters. The van der Waals surface area contributed by atoms with Gasteiger partial charge in [0.25, 0.3) is 0 Å². The minimum absolute atomic E-state index is 0.435. The van der Waals surface area contributed by atoms with E-state index in [1.807, 2.05) is 37.4 Å². The molecule has 72 valence electrons. The average molecular weight is 207 g/mol. The Hall–Kier alpha value is -1.46. The molecule has 0 saturated heterocycles. The van der Waals surface area contributed by atoms with Crippen molar-refractivity contribution in [2.45, 2.75) is 6.54 Å². The van der Waals surface area contributed by atoms with Crippen LogP contribution in [0.4, 0.5) is 0 Å². The normalized spacial score (nSPS) is 9.21. The summed E-state index contributed by atoms with van der Waals surface area (Å²) in [5.41, 5.74) is 1.43.